The van der Waals surface area contributed by atoms with Crippen LogP contribution in [0.3, 0.4) is 0 Å². The summed E-state index contributed by atoms with van der Waals surface area (Å²) in [5, 5.41) is 3.96. The molecule has 1 aliphatic heterocycles. The summed E-state index contributed by atoms with van der Waals surface area (Å²) in [4.78, 5) is 35.8. The zero-order valence-corrected chi connectivity index (χ0v) is 19.4. The van der Waals surface area contributed by atoms with Gasteiger partial charge in [0.1, 0.15) is 17.4 Å². The van der Waals surface area contributed by atoms with Gasteiger partial charge in [-0.3, -0.25) is 9.59 Å². The number of benzene rings is 1. The van der Waals surface area contributed by atoms with Crippen LogP contribution in [0.1, 0.15) is 33.3 Å². The fourth-order valence-corrected chi connectivity index (χ4v) is 4.51. The Morgan fingerprint density at radius 1 is 1.29 bits per heavy atom. The molecular weight excluding hydrogens is 463 g/mol. The molecule has 0 radical (unpaired) electrons. The number of nitrogens with two attached hydrogens (primary N) is 1. The van der Waals surface area contributed by atoms with Crippen molar-refractivity contribution in [3.8, 4) is 11.3 Å². The molecule has 3 aromatic rings. The molecule has 4 rings (SSSR count). The molecule has 35 heavy (non-hydrogen) atoms. The van der Waals surface area contributed by atoms with E-state index in [9.17, 15) is 22.8 Å². The fraction of sp³-hybridized carbons (Fsp3) is 0.348. The first-order valence-electron chi connectivity index (χ1n) is 10.6. The van der Waals surface area contributed by atoms with Gasteiger partial charge < -0.3 is 15.5 Å². The lowest BCUT2D eigenvalue weighted by atomic mass is 9.93. The Labute approximate surface area is 198 Å². The number of nitrogens with zero attached hydrogens (tertiary/aromatic N) is 6. The minimum atomic E-state index is -4.71. The third-order valence-corrected chi connectivity index (χ3v) is 6.22. The molecule has 0 aliphatic carbocycles. The molecule has 1 fully saturated rings. The molecule has 1 atom stereocenters. The average Bonchev–Trinajstić information content (AvgIpc) is 3.18. The summed E-state index contributed by atoms with van der Waals surface area (Å²) < 4.78 is 42.3. The number of alkyl halides is 3. The summed E-state index contributed by atoms with van der Waals surface area (Å²) in [6, 6.07) is 4.85. The van der Waals surface area contributed by atoms with Gasteiger partial charge in [-0.25, -0.2) is 14.3 Å². The number of amides is 2. The SMILES string of the molecule is [C-]#[N+]c1ccc(-c2cc(C(F)(F)F)c3c(N)ncnn23)cc1N1C(=O)C(C)(C)N(C(C)=O)C[C@H]1C. The summed E-state index contributed by atoms with van der Waals surface area (Å²) in [7, 11) is 0. The van der Waals surface area contributed by atoms with E-state index in [0.717, 1.165) is 16.9 Å². The summed E-state index contributed by atoms with van der Waals surface area (Å²) in [6.07, 6.45) is -3.66. The molecule has 3 heterocycles. The van der Waals surface area contributed by atoms with Crippen molar-refractivity contribution in [3.05, 3.63) is 47.6 Å². The zero-order chi connectivity index (χ0) is 25.9. The van der Waals surface area contributed by atoms with Crippen LogP contribution in [0.5, 0.6) is 0 Å². The van der Waals surface area contributed by atoms with Crippen LogP contribution in [0, 0.1) is 6.57 Å². The van der Waals surface area contributed by atoms with Crippen LogP contribution >= 0.6 is 0 Å². The van der Waals surface area contributed by atoms with Crippen molar-refractivity contribution in [1.29, 1.82) is 0 Å². The Kier molecular flexibility index (Phi) is 5.47. The first kappa shape index (κ1) is 24.0. The van der Waals surface area contributed by atoms with Crippen molar-refractivity contribution in [2.45, 2.75) is 45.5 Å². The maximum Gasteiger partial charge on any atom is 0.418 e. The number of aromatic nitrogens is 3. The summed E-state index contributed by atoms with van der Waals surface area (Å²) in [5.74, 6) is -0.996. The first-order valence-corrected chi connectivity index (χ1v) is 10.6. The monoisotopic (exact) mass is 485 g/mol. The van der Waals surface area contributed by atoms with Gasteiger partial charge in [-0.05, 0) is 38.5 Å². The molecule has 1 aromatic carbocycles. The zero-order valence-electron chi connectivity index (χ0n) is 19.4. The number of fused-ring (bicyclic) bond motifs is 1. The summed E-state index contributed by atoms with van der Waals surface area (Å²) >= 11 is 0. The number of piperazine rings is 1. The number of carbonyl (C=O) groups is 2. The normalized spacial score (nSPS) is 18.1. The average molecular weight is 485 g/mol. The first-order chi connectivity index (χ1) is 16.3. The third-order valence-electron chi connectivity index (χ3n) is 6.22. The number of halogens is 3. The Hall–Kier alpha value is -4.14. The Morgan fingerprint density at radius 2 is 1.97 bits per heavy atom. The molecule has 1 aliphatic rings. The van der Waals surface area contributed by atoms with Crippen LogP contribution in [0.25, 0.3) is 21.6 Å². The second kappa shape index (κ2) is 7.97. The van der Waals surface area contributed by atoms with Crippen molar-refractivity contribution in [2.75, 3.05) is 17.2 Å². The van der Waals surface area contributed by atoms with Gasteiger partial charge in [0.2, 0.25) is 11.6 Å². The number of anilines is 2. The van der Waals surface area contributed by atoms with Crippen molar-refractivity contribution < 1.29 is 22.8 Å². The number of rotatable bonds is 2. The Bertz CT molecular complexity index is 1400. The summed E-state index contributed by atoms with van der Waals surface area (Å²) in [5.41, 5.74) is 3.93. The van der Waals surface area contributed by atoms with Gasteiger partial charge in [0.15, 0.2) is 5.82 Å². The molecule has 1 saturated heterocycles. The smallest absolute Gasteiger partial charge is 0.382 e. The minimum Gasteiger partial charge on any atom is -0.382 e. The number of carbonyl (C=O) groups excluding carboxylic acids is 2. The van der Waals surface area contributed by atoms with E-state index in [2.05, 4.69) is 14.9 Å². The highest BCUT2D eigenvalue weighted by atomic mass is 19.4. The van der Waals surface area contributed by atoms with Gasteiger partial charge in [-0.15, -0.1) is 0 Å². The molecule has 0 bridgehead atoms. The van der Waals surface area contributed by atoms with E-state index in [0.29, 0.717) is 5.56 Å². The van der Waals surface area contributed by atoms with E-state index in [1.54, 1.807) is 20.8 Å². The van der Waals surface area contributed by atoms with Gasteiger partial charge >= 0.3 is 6.18 Å². The lowest BCUT2D eigenvalue weighted by molar-refractivity contribution is -0.146. The van der Waals surface area contributed by atoms with E-state index >= 15 is 0 Å². The quantitative estimate of drug-likeness (QED) is 0.555. The third kappa shape index (κ3) is 3.73. The van der Waals surface area contributed by atoms with Crippen molar-refractivity contribution in [2.24, 2.45) is 0 Å². The van der Waals surface area contributed by atoms with Crippen molar-refractivity contribution in [3.63, 3.8) is 0 Å². The Balaban J connectivity index is 1.92. The molecule has 0 saturated carbocycles. The lowest BCUT2D eigenvalue weighted by Crippen LogP contribution is -2.67. The standard InChI is InChI=1S/C23H22F3N7O2/c1-12-10-31(13(2)34)22(3,4)21(35)32(12)18-8-14(6-7-16(18)28-5)17-9-15(23(24,25)26)19-20(27)29-11-30-33(17)19/h6-9,11-12H,10H2,1-4H3,(H2,27,29,30)/t12-/m1/s1. The van der Waals surface area contributed by atoms with Crippen molar-refractivity contribution in [1.82, 2.24) is 19.5 Å². The predicted octanol–water partition coefficient (Wildman–Crippen LogP) is 3.91. The van der Waals surface area contributed by atoms with Gasteiger partial charge in [0.25, 0.3) is 5.91 Å². The van der Waals surface area contributed by atoms with Gasteiger partial charge in [0.05, 0.1) is 29.6 Å². The molecule has 12 heteroatoms. The van der Waals surface area contributed by atoms with Gasteiger partial charge in [-0.2, -0.15) is 18.3 Å². The Morgan fingerprint density at radius 3 is 2.57 bits per heavy atom. The van der Waals surface area contributed by atoms with Crippen LogP contribution in [-0.2, 0) is 15.8 Å². The molecular formula is C23H22F3N7O2. The van der Waals surface area contributed by atoms with E-state index in [4.69, 9.17) is 12.3 Å². The van der Waals surface area contributed by atoms with Crippen LogP contribution in [0.4, 0.5) is 30.4 Å². The van der Waals surface area contributed by atoms with Crippen LogP contribution in [0.2, 0.25) is 0 Å². The van der Waals surface area contributed by atoms with E-state index in [1.807, 2.05) is 0 Å². The maximum absolute atomic E-state index is 13.8. The van der Waals surface area contributed by atoms with Crippen molar-refractivity contribution >= 4 is 34.5 Å². The molecule has 2 N–H and O–H groups in total. The second-order valence-corrected chi connectivity index (χ2v) is 8.87. The molecule has 9 nitrogen and oxygen atoms in total. The maximum atomic E-state index is 13.8. The second-order valence-electron chi connectivity index (χ2n) is 8.87. The molecule has 2 aromatic heterocycles. The van der Waals surface area contributed by atoms with E-state index in [1.165, 1.54) is 34.9 Å². The molecule has 2 amide bonds. The fourth-order valence-electron chi connectivity index (χ4n) is 4.51. The highest BCUT2D eigenvalue weighted by molar-refractivity contribution is 6.06. The topological polar surface area (TPSA) is 101 Å². The molecule has 0 spiro atoms. The molecule has 182 valence electrons. The van der Waals surface area contributed by atoms with E-state index in [-0.39, 0.29) is 40.9 Å². The predicted molar refractivity (Wildman–Crippen MR) is 123 cm³/mol. The van der Waals surface area contributed by atoms with Crippen LogP contribution in [-0.4, -0.2) is 49.4 Å². The number of hydrogen-bond acceptors (Lipinski definition) is 5. The summed E-state index contributed by atoms with van der Waals surface area (Å²) in [6.45, 7) is 14.2. The lowest BCUT2D eigenvalue weighted by Gasteiger charge is -2.49. The van der Waals surface area contributed by atoms with Gasteiger partial charge in [0, 0.05) is 13.5 Å². The van der Waals surface area contributed by atoms with Gasteiger partial charge in [-0.1, -0.05) is 12.1 Å². The number of hydrogen-bond donors (Lipinski definition) is 1. The van der Waals surface area contributed by atoms with Crippen LogP contribution in [0.15, 0.2) is 30.6 Å². The minimum absolute atomic E-state index is 0.0703. The number of nitrogen functional groups attached to an aromatic ring is 1. The van der Waals surface area contributed by atoms with Crippen LogP contribution < -0.4 is 10.6 Å². The highest BCUT2D eigenvalue weighted by Crippen LogP contribution is 2.42. The molecule has 0 unspecified atom stereocenters. The highest BCUT2D eigenvalue weighted by Gasteiger charge is 2.47. The van der Waals surface area contributed by atoms with E-state index < -0.39 is 29.2 Å². The largest absolute Gasteiger partial charge is 0.418 e.